The Kier molecular flexibility index (Phi) is 5.01. The maximum Gasteiger partial charge on any atom is 0.317 e. The zero-order chi connectivity index (χ0) is 15.6. The van der Waals surface area contributed by atoms with Gasteiger partial charge in [0.1, 0.15) is 0 Å². The molecule has 0 aliphatic carbocycles. The molecule has 20 heavy (non-hydrogen) atoms. The van der Waals surface area contributed by atoms with Crippen LogP contribution in [-0.4, -0.2) is 60.6 Å². The van der Waals surface area contributed by atoms with E-state index in [1.54, 1.807) is 20.9 Å². The molecule has 116 valence electrons. The highest BCUT2D eigenvalue weighted by Crippen LogP contribution is 2.18. The van der Waals surface area contributed by atoms with Crippen molar-refractivity contribution in [2.24, 2.45) is 0 Å². The number of carboxylic acids is 1. The summed E-state index contributed by atoms with van der Waals surface area (Å²) in [6.45, 7) is 3.49. The third kappa shape index (κ3) is 4.99. The van der Waals surface area contributed by atoms with Crippen LogP contribution < -0.4 is 5.32 Å². The average molecular weight is 306 g/mol. The number of hydrogen-bond acceptors (Lipinski definition) is 4. The zero-order valence-corrected chi connectivity index (χ0v) is 12.9. The lowest BCUT2D eigenvalue weighted by molar-refractivity contribution is -0.137. The van der Waals surface area contributed by atoms with E-state index in [9.17, 15) is 18.0 Å². The summed E-state index contributed by atoms with van der Waals surface area (Å²) in [5, 5.41) is 11.4. The van der Waals surface area contributed by atoms with Crippen molar-refractivity contribution < 1.29 is 23.1 Å². The molecular formula is C12H22N2O5S. The minimum Gasteiger partial charge on any atom is -0.481 e. The number of nitrogens with one attached hydrogen (secondary N) is 1. The second-order valence-corrected chi connectivity index (χ2v) is 8.10. The molecule has 1 atom stereocenters. The normalized spacial score (nSPS) is 21.4. The Morgan fingerprint density at radius 1 is 1.40 bits per heavy atom. The molecule has 0 aromatic rings. The molecular weight excluding hydrogens is 284 g/mol. The van der Waals surface area contributed by atoms with Gasteiger partial charge in [-0.3, -0.25) is 4.79 Å². The largest absolute Gasteiger partial charge is 0.481 e. The highest BCUT2D eigenvalue weighted by molar-refractivity contribution is 7.91. The Morgan fingerprint density at radius 2 is 2.00 bits per heavy atom. The number of sulfone groups is 1. The van der Waals surface area contributed by atoms with E-state index < -0.39 is 21.3 Å². The molecule has 1 aliphatic rings. The minimum absolute atomic E-state index is 0.00747. The van der Waals surface area contributed by atoms with E-state index in [0.717, 1.165) is 0 Å². The Hall–Kier alpha value is -1.31. The van der Waals surface area contributed by atoms with Crippen molar-refractivity contribution in [1.29, 1.82) is 0 Å². The first kappa shape index (κ1) is 16.7. The molecule has 1 rings (SSSR count). The Morgan fingerprint density at radius 3 is 2.45 bits per heavy atom. The number of carboxylic acid groups (broad SMARTS) is 1. The third-order valence-electron chi connectivity index (χ3n) is 3.49. The molecule has 2 amide bonds. The van der Waals surface area contributed by atoms with E-state index >= 15 is 0 Å². The number of urea groups is 1. The lowest BCUT2D eigenvalue weighted by Crippen LogP contribution is -2.52. The van der Waals surface area contributed by atoms with Gasteiger partial charge in [-0.25, -0.2) is 13.2 Å². The van der Waals surface area contributed by atoms with E-state index in [1.165, 1.54) is 4.90 Å². The van der Waals surface area contributed by atoms with E-state index in [0.29, 0.717) is 12.8 Å². The van der Waals surface area contributed by atoms with Crippen molar-refractivity contribution in [3.8, 4) is 0 Å². The fraction of sp³-hybridized carbons (Fsp3) is 0.833. The minimum atomic E-state index is -3.04. The van der Waals surface area contributed by atoms with Gasteiger partial charge in [0.2, 0.25) is 0 Å². The third-order valence-corrected chi connectivity index (χ3v) is 5.24. The monoisotopic (exact) mass is 306 g/mol. The molecule has 1 fully saturated rings. The molecule has 0 bridgehead atoms. The number of carbonyl (C=O) groups is 2. The number of rotatable bonds is 5. The highest BCUT2D eigenvalue weighted by Gasteiger charge is 2.34. The quantitative estimate of drug-likeness (QED) is 0.768. The molecule has 7 nitrogen and oxygen atoms in total. The van der Waals surface area contributed by atoms with Gasteiger partial charge in [-0.1, -0.05) is 0 Å². The lowest BCUT2D eigenvalue weighted by atomic mass is 9.99. The summed E-state index contributed by atoms with van der Waals surface area (Å²) in [5.41, 5.74) is -0.652. The number of aliphatic carboxylic acids is 1. The van der Waals surface area contributed by atoms with Gasteiger partial charge in [-0.2, -0.15) is 0 Å². The van der Waals surface area contributed by atoms with Gasteiger partial charge in [-0.05, 0) is 26.7 Å². The summed E-state index contributed by atoms with van der Waals surface area (Å²) in [4.78, 5) is 24.0. The van der Waals surface area contributed by atoms with Crippen LogP contribution in [0.5, 0.6) is 0 Å². The maximum atomic E-state index is 12.1. The molecule has 0 spiro atoms. The smallest absolute Gasteiger partial charge is 0.317 e. The summed E-state index contributed by atoms with van der Waals surface area (Å²) < 4.78 is 22.8. The van der Waals surface area contributed by atoms with Crippen LogP contribution in [0.25, 0.3) is 0 Å². The fourth-order valence-electron chi connectivity index (χ4n) is 2.11. The van der Waals surface area contributed by atoms with Gasteiger partial charge in [0, 0.05) is 25.0 Å². The van der Waals surface area contributed by atoms with Gasteiger partial charge < -0.3 is 15.3 Å². The standard InChI is InChI=1S/C12H22N2O5S/c1-12(2,6-4-10(15)16)13-11(17)14(3)9-5-7-20(18,19)8-9/h9H,4-8H2,1-3H3,(H,13,17)(H,15,16). The van der Waals surface area contributed by atoms with Crippen LogP contribution in [0.15, 0.2) is 0 Å². The second-order valence-electron chi connectivity index (χ2n) is 5.88. The maximum absolute atomic E-state index is 12.1. The van der Waals surface area contributed by atoms with Crippen molar-refractivity contribution in [3.63, 3.8) is 0 Å². The molecule has 0 radical (unpaired) electrons. The van der Waals surface area contributed by atoms with E-state index in [4.69, 9.17) is 5.11 Å². The summed E-state index contributed by atoms with van der Waals surface area (Å²) >= 11 is 0. The average Bonchev–Trinajstić information content (AvgIpc) is 2.65. The van der Waals surface area contributed by atoms with Gasteiger partial charge >= 0.3 is 12.0 Å². The van der Waals surface area contributed by atoms with Crippen LogP contribution in [0, 0.1) is 0 Å². The molecule has 0 saturated carbocycles. The summed E-state index contributed by atoms with van der Waals surface area (Å²) in [7, 11) is -1.47. The lowest BCUT2D eigenvalue weighted by Gasteiger charge is -2.31. The van der Waals surface area contributed by atoms with Crippen molar-refractivity contribution in [2.75, 3.05) is 18.6 Å². The van der Waals surface area contributed by atoms with E-state index in [-0.39, 0.29) is 30.0 Å². The van der Waals surface area contributed by atoms with Gasteiger partial charge in [0.05, 0.1) is 11.5 Å². The molecule has 1 aliphatic heterocycles. The van der Waals surface area contributed by atoms with Crippen molar-refractivity contribution in [3.05, 3.63) is 0 Å². The van der Waals surface area contributed by atoms with Crippen molar-refractivity contribution in [2.45, 2.75) is 44.7 Å². The SMILES string of the molecule is CN(C(=O)NC(C)(C)CCC(=O)O)C1CCS(=O)(=O)C1. The molecule has 0 aromatic heterocycles. The first-order valence-corrected chi connectivity index (χ1v) is 8.32. The van der Waals surface area contributed by atoms with Crippen LogP contribution in [-0.2, 0) is 14.6 Å². The highest BCUT2D eigenvalue weighted by atomic mass is 32.2. The van der Waals surface area contributed by atoms with Crippen molar-refractivity contribution >= 4 is 21.8 Å². The molecule has 2 N–H and O–H groups in total. The van der Waals surface area contributed by atoms with Crippen LogP contribution >= 0.6 is 0 Å². The first-order valence-electron chi connectivity index (χ1n) is 6.50. The molecule has 8 heteroatoms. The van der Waals surface area contributed by atoms with E-state index in [1.807, 2.05) is 0 Å². The van der Waals surface area contributed by atoms with Gasteiger partial charge in [0.15, 0.2) is 9.84 Å². The van der Waals surface area contributed by atoms with Crippen LogP contribution in [0.2, 0.25) is 0 Å². The topological polar surface area (TPSA) is 104 Å². The number of nitrogens with zero attached hydrogens (tertiary/aromatic N) is 1. The molecule has 1 unspecified atom stereocenters. The summed E-state index contributed by atoms with van der Waals surface area (Å²) in [5.74, 6) is -0.813. The van der Waals surface area contributed by atoms with Crippen LogP contribution in [0.3, 0.4) is 0 Å². The first-order chi connectivity index (χ1) is 9.02. The molecule has 0 aromatic carbocycles. The van der Waals surface area contributed by atoms with Crippen molar-refractivity contribution in [1.82, 2.24) is 10.2 Å². The second kappa shape index (κ2) is 5.99. The van der Waals surface area contributed by atoms with Crippen LogP contribution in [0.1, 0.15) is 33.1 Å². The van der Waals surface area contributed by atoms with Gasteiger partial charge in [-0.15, -0.1) is 0 Å². The number of amides is 2. The summed E-state index contributed by atoms with van der Waals surface area (Å²) in [6.07, 6.45) is 0.724. The van der Waals surface area contributed by atoms with Crippen LogP contribution in [0.4, 0.5) is 4.79 Å². The molecule has 1 saturated heterocycles. The number of carbonyl (C=O) groups excluding carboxylic acids is 1. The predicted octanol–water partition coefficient (Wildman–Crippen LogP) is 0.458. The Labute approximate surface area is 119 Å². The zero-order valence-electron chi connectivity index (χ0n) is 12.0. The number of hydrogen-bond donors (Lipinski definition) is 2. The Balaban J connectivity index is 2.55. The molecule has 1 heterocycles. The van der Waals surface area contributed by atoms with Gasteiger partial charge in [0.25, 0.3) is 0 Å². The van der Waals surface area contributed by atoms with E-state index in [2.05, 4.69) is 5.32 Å². The fourth-order valence-corrected chi connectivity index (χ4v) is 3.88. The predicted molar refractivity (Wildman–Crippen MR) is 74.3 cm³/mol. The summed E-state index contributed by atoms with van der Waals surface area (Å²) in [6, 6.07) is -0.683. The Bertz CT molecular complexity index is 486.